The predicted molar refractivity (Wildman–Crippen MR) is 70.3 cm³/mol. The van der Waals surface area contributed by atoms with E-state index in [1.807, 2.05) is 13.8 Å². The molecule has 1 amide bonds. The number of carbonyl (C=O) groups is 1. The molecule has 100 valence electrons. The summed E-state index contributed by atoms with van der Waals surface area (Å²) < 4.78 is 1.63. The number of hydrogen-bond donors (Lipinski definition) is 3. The van der Waals surface area contributed by atoms with Gasteiger partial charge in [-0.3, -0.25) is 4.79 Å². The minimum Gasteiger partial charge on any atom is -0.507 e. The molecule has 0 saturated heterocycles. The number of phenols is 2. The van der Waals surface area contributed by atoms with Gasteiger partial charge < -0.3 is 15.5 Å². The van der Waals surface area contributed by atoms with Crippen molar-refractivity contribution >= 4 is 11.7 Å². The summed E-state index contributed by atoms with van der Waals surface area (Å²) in [6.07, 6.45) is 1.57. The Balaban J connectivity index is 2.29. The van der Waals surface area contributed by atoms with E-state index in [4.69, 9.17) is 0 Å². The van der Waals surface area contributed by atoms with Crippen molar-refractivity contribution in [3.8, 4) is 11.5 Å². The highest BCUT2D eigenvalue weighted by atomic mass is 16.3. The van der Waals surface area contributed by atoms with Crippen LogP contribution in [-0.4, -0.2) is 25.9 Å². The van der Waals surface area contributed by atoms with Crippen LogP contribution in [0.5, 0.6) is 11.5 Å². The normalized spacial score (nSPS) is 10.7. The number of hydrogen-bond acceptors (Lipinski definition) is 4. The topological polar surface area (TPSA) is 87.4 Å². The smallest absolute Gasteiger partial charge is 0.264 e. The van der Waals surface area contributed by atoms with Gasteiger partial charge in [-0.2, -0.15) is 5.10 Å². The third-order valence-corrected chi connectivity index (χ3v) is 2.65. The van der Waals surface area contributed by atoms with Gasteiger partial charge in [0.1, 0.15) is 22.9 Å². The Morgan fingerprint density at radius 2 is 1.89 bits per heavy atom. The first-order chi connectivity index (χ1) is 9.00. The lowest BCUT2D eigenvalue weighted by Crippen LogP contribution is -2.17. The van der Waals surface area contributed by atoms with Gasteiger partial charge in [0.25, 0.3) is 5.91 Å². The van der Waals surface area contributed by atoms with E-state index >= 15 is 0 Å². The van der Waals surface area contributed by atoms with Crippen LogP contribution in [0.25, 0.3) is 0 Å². The highest BCUT2D eigenvalue weighted by Gasteiger charge is 2.18. The maximum absolute atomic E-state index is 12.1. The van der Waals surface area contributed by atoms with Gasteiger partial charge in [-0.25, -0.2) is 4.68 Å². The zero-order valence-corrected chi connectivity index (χ0v) is 10.7. The van der Waals surface area contributed by atoms with E-state index in [0.29, 0.717) is 5.82 Å². The van der Waals surface area contributed by atoms with Crippen molar-refractivity contribution in [1.29, 1.82) is 0 Å². The number of carbonyl (C=O) groups excluding carboxylic acids is 1. The molecule has 19 heavy (non-hydrogen) atoms. The van der Waals surface area contributed by atoms with Gasteiger partial charge in [0, 0.05) is 12.1 Å². The summed E-state index contributed by atoms with van der Waals surface area (Å²) in [5, 5.41) is 25.9. The molecule has 0 aliphatic rings. The summed E-state index contributed by atoms with van der Waals surface area (Å²) in [6.45, 7) is 3.86. The van der Waals surface area contributed by atoms with Crippen molar-refractivity contribution in [1.82, 2.24) is 9.78 Å². The van der Waals surface area contributed by atoms with E-state index in [0.717, 1.165) is 0 Å². The molecule has 6 heteroatoms. The molecule has 0 radical (unpaired) electrons. The van der Waals surface area contributed by atoms with E-state index in [9.17, 15) is 15.0 Å². The molecule has 1 aromatic carbocycles. The number of aromatic nitrogens is 2. The Hall–Kier alpha value is -2.50. The van der Waals surface area contributed by atoms with E-state index in [1.165, 1.54) is 18.2 Å². The van der Waals surface area contributed by atoms with E-state index in [2.05, 4.69) is 10.4 Å². The van der Waals surface area contributed by atoms with Crippen LogP contribution in [0.4, 0.5) is 5.82 Å². The number of amides is 1. The van der Waals surface area contributed by atoms with Crippen molar-refractivity contribution in [3.05, 3.63) is 36.0 Å². The van der Waals surface area contributed by atoms with Crippen molar-refractivity contribution < 1.29 is 15.0 Å². The second-order valence-corrected chi connectivity index (χ2v) is 4.38. The fraction of sp³-hybridized carbons (Fsp3) is 0.231. The second-order valence-electron chi connectivity index (χ2n) is 4.38. The maximum Gasteiger partial charge on any atom is 0.264 e. The van der Waals surface area contributed by atoms with Gasteiger partial charge in [-0.15, -0.1) is 0 Å². The van der Waals surface area contributed by atoms with Crippen molar-refractivity contribution in [3.63, 3.8) is 0 Å². The van der Waals surface area contributed by atoms with Gasteiger partial charge >= 0.3 is 0 Å². The molecule has 0 fully saturated rings. The van der Waals surface area contributed by atoms with Gasteiger partial charge in [0.05, 0.1) is 6.20 Å². The van der Waals surface area contributed by atoms with Gasteiger partial charge in [0.2, 0.25) is 0 Å². The minimum absolute atomic E-state index is 0.0864. The Kier molecular flexibility index (Phi) is 3.41. The van der Waals surface area contributed by atoms with Crippen molar-refractivity contribution in [2.45, 2.75) is 19.9 Å². The Morgan fingerprint density at radius 1 is 1.26 bits per heavy atom. The van der Waals surface area contributed by atoms with Crippen LogP contribution in [0.1, 0.15) is 30.2 Å². The average Bonchev–Trinajstić information content (AvgIpc) is 2.76. The molecule has 2 rings (SSSR count). The zero-order valence-electron chi connectivity index (χ0n) is 10.7. The second kappa shape index (κ2) is 5.01. The standard InChI is InChI=1S/C13H15N3O3/c1-8(2)16-11(6-7-14-16)15-13(19)12-9(17)4-3-5-10(12)18/h3-8,17-18H,1-2H3,(H,15,19). The molecule has 0 unspecified atom stereocenters. The number of phenolic OH excluding ortho intramolecular Hbond substituents is 2. The lowest BCUT2D eigenvalue weighted by atomic mass is 10.1. The van der Waals surface area contributed by atoms with Gasteiger partial charge in [0.15, 0.2) is 0 Å². The SMILES string of the molecule is CC(C)n1nccc1NC(=O)c1c(O)cccc1O. The monoisotopic (exact) mass is 261 g/mol. The van der Waals surface area contributed by atoms with Gasteiger partial charge in [-0.1, -0.05) is 6.07 Å². The van der Waals surface area contributed by atoms with Crippen LogP contribution in [0.3, 0.4) is 0 Å². The number of benzene rings is 1. The number of aromatic hydroxyl groups is 2. The quantitative estimate of drug-likeness (QED) is 0.789. The molecular weight excluding hydrogens is 246 g/mol. The number of rotatable bonds is 3. The third kappa shape index (κ3) is 2.52. The molecule has 1 heterocycles. The first-order valence-electron chi connectivity index (χ1n) is 5.86. The molecule has 0 atom stereocenters. The summed E-state index contributed by atoms with van der Waals surface area (Å²) in [6, 6.07) is 5.88. The highest BCUT2D eigenvalue weighted by Crippen LogP contribution is 2.27. The molecule has 0 saturated carbocycles. The first-order valence-corrected chi connectivity index (χ1v) is 5.86. The molecule has 0 aliphatic heterocycles. The molecule has 0 bridgehead atoms. The van der Waals surface area contributed by atoms with Crippen LogP contribution in [-0.2, 0) is 0 Å². The van der Waals surface area contributed by atoms with Crippen molar-refractivity contribution in [2.75, 3.05) is 5.32 Å². The van der Waals surface area contributed by atoms with Crippen LogP contribution in [0, 0.1) is 0 Å². The maximum atomic E-state index is 12.1. The van der Waals surface area contributed by atoms with Crippen LogP contribution in [0.2, 0.25) is 0 Å². The number of nitrogens with one attached hydrogen (secondary N) is 1. The zero-order chi connectivity index (χ0) is 14.0. The Labute approximate surface area is 110 Å². The fourth-order valence-corrected chi connectivity index (χ4v) is 1.76. The highest BCUT2D eigenvalue weighted by molar-refractivity contribution is 6.07. The molecule has 0 aliphatic carbocycles. The summed E-state index contributed by atoms with van der Waals surface area (Å²) in [7, 11) is 0. The third-order valence-electron chi connectivity index (χ3n) is 2.65. The van der Waals surface area contributed by atoms with Crippen LogP contribution in [0.15, 0.2) is 30.5 Å². The van der Waals surface area contributed by atoms with Gasteiger partial charge in [-0.05, 0) is 26.0 Å². The van der Waals surface area contributed by atoms with E-state index < -0.39 is 5.91 Å². The largest absolute Gasteiger partial charge is 0.507 e. The van der Waals surface area contributed by atoms with Crippen molar-refractivity contribution in [2.24, 2.45) is 0 Å². The molecule has 6 nitrogen and oxygen atoms in total. The summed E-state index contributed by atoms with van der Waals surface area (Å²) >= 11 is 0. The first kappa shape index (κ1) is 12.9. The molecule has 0 spiro atoms. The summed E-state index contributed by atoms with van der Waals surface area (Å²) in [5.74, 6) is -0.623. The minimum atomic E-state index is -0.585. The van der Waals surface area contributed by atoms with Crippen LogP contribution >= 0.6 is 0 Å². The summed E-state index contributed by atoms with van der Waals surface area (Å²) in [5.41, 5.74) is -0.154. The Bertz CT molecular complexity index is 585. The average molecular weight is 261 g/mol. The molecular formula is C13H15N3O3. The lowest BCUT2D eigenvalue weighted by molar-refractivity contribution is 0.102. The summed E-state index contributed by atoms with van der Waals surface area (Å²) in [4.78, 5) is 12.1. The number of anilines is 1. The molecule has 1 aromatic heterocycles. The van der Waals surface area contributed by atoms with E-state index in [-0.39, 0.29) is 23.1 Å². The van der Waals surface area contributed by atoms with E-state index in [1.54, 1.807) is 16.9 Å². The fourth-order valence-electron chi connectivity index (χ4n) is 1.76. The van der Waals surface area contributed by atoms with Crippen LogP contribution < -0.4 is 5.32 Å². The Morgan fingerprint density at radius 3 is 2.47 bits per heavy atom. The molecule has 3 N–H and O–H groups in total. The predicted octanol–water partition coefficient (Wildman–Crippen LogP) is 2.13. The lowest BCUT2D eigenvalue weighted by Gasteiger charge is -2.12. The molecule has 2 aromatic rings. The number of nitrogens with zero attached hydrogens (tertiary/aromatic N) is 2.